The van der Waals surface area contributed by atoms with Crippen molar-refractivity contribution in [2.75, 3.05) is 5.73 Å². The van der Waals surface area contributed by atoms with Crippen molar-refractivity contribution in [3.63, 3.8) is 0 Å². The molecule has 2 aromatic carbocycles. The Bertz CT molecular complexity index is 1740. The molecule has 0 aliphatic rings. The van der Waals surface area contributed by atoms with Gasteiger partial charge in [-0.15, -0.1) is 11.3 Å². The number of nitrogens with zero attached hydrogens (tertiary/aromatic N) is 4. The number of benzene rings is 2. The van der Waals surface area contributed by atoms with Gasteiger partial charge in [0.2, 0.25) is 17.9 Å². The highest BCUT2D eigenvalue weighted by atomic mass is 35.5. The summed E-state index contributed by atoms with van der Waals surface area (Å²) in [5.41, 5.74) is 14.3. The second-order valence-corrected chi connectivity index (χ2v) is 10.5. The second kappa shape index (κ2) is 11.0. The van der Waals surface area contributed by atoms with Crippen molar-refractivity contribution in [2.24, 2.45) is 5.73 Å². The molecule has 0 amide bonds. The van der Waals surface area contributed by atoms with Gasteiger partial charge in [-0.1, -0.05) is 41.9 Å². The summed E-state index contributed by atoms with van der Waals surface area (Å²) in [6, 6.07) is 11.5. The van der Waals surface area contributed by atoms with Crippen molar-refractivity contribution in [3.05, 3.63) is 82.0 Å². The number of nitrogens with two attached hydrogens (primary N) is 2. The highest BCUT2D eigenvalue weighted by Gasteiger charge is 2.45. The fourth-order valence-electron chi connectivity index (χ4n) is 4.26. The van der Waals surface area contributed by atoms with Crippen LogP contribution in [0, 0.1) is 6.92 Å². The van der Waals surface area contributed by atoms with Crippen molar-refractivity contribution in [2.45, 2.75) is 31.7 Å². The number of halogens is 4. The summed E-state index contributed by atoms with van der Waals surface area (Å²) in [6.07, 6.45) is -5.61. The SMILES string of the molecule is Cc1ccn(-c2cc(Cl)ccc2C(Oc2nc(N)nc3c(-c4ccc(CC(N)C(=O)O)cc4)csc23)C(F)(F)F)n1. The lowest BCUT2D eigenvalue weighted by molar-refractivity contribution is -0.198. The number of fused-ring (bicyclic) bond motifs is 1. The molecule has 2 atom stereocenters. The number of carboxylic acid groups (broad SMARTS) is 1. The van der Waals surface area contributed by atoms with Gasteiger partial charge in [0.1, 0.15) is 10.7 Å². The summed E-state index contributed by atoms with van der Waals surface area (Å²) in [6.45, 7) is 1.71. The molecule has 3 aromatic heterocycles. The Morgan fingerprint density at radius 1 is 1.17 bits per heavy atom. The van der Waals surface area contributed by atoms with Gasteiger partial charge >= 0.3 is 12.1 Å². The van der Waals surface area contributed by atoms with Crippen LogP contribution in [0.5, 0.6) is 5.88 Å². The number of alkyl halides is 3. The summed E-state index contributed by atoms with van der Waals surface area (Å²) in [7, 11) is 0. The van der Waals surface area contributed by atoms with Crippen molar-refractivity contribution >= 4 is 45.1 Å². The lowest BCUT2D eigenvalue weighted by atomic mass is 10.0. The predicted octanol–water partition coefficient (Wildman–Crippen LogP) is 5.72. The molecular weight excluding hydrogens is 581 g/mol. The highest BCUT2D eigenvalue weighted by molar-refractivity contribution is 7.18. The summed E-state index contributed by atoms with van der Waals surface area (Å²) < 4.78 is 50.8. The summed E-state index contributed by atoms with van der Waals surface area (Å²) >= 11 is 7.24. The average molecular weight is 603 g/mol. The Morgan fingerprint density at radius 3 is 2.54 bits per heavy atom. The molecule has 5 aromatic rings. The molecule has 9 nitrogen and oxygen atoms in total. The van der Waals surface area contributed by atoms with E-state index in [0.29, 0.717) is 27.9 Å². The van der Waals surface area contributed by atoms with E-state index in [1.165, 1.54) is 29.1 Å². The van der Waals surface area contributed by atoms with Gasteiger partial charge in [-0.25, -0.2) is 9.67 Å². The molecule has 5 N–H and O–H groups in total. The predicted molar refractivity (Wildman–Crippen MR) is 149 cm³/mol. The first-order valence-electron chi connectivity index (χ1n) is 12.1. The van der Waals surface area contributed by atoms with E-state index in [9.17, 15) is 18.0 Å². The molecule has 0 aliphatic heterocycles. The highest BCUT2D eigenvalue weighted by Crippen LogP contribution is 2.43. The van der Waals surface area contributed by atoms with Crippen LogP contribution in [0.2, 0.25) is 5.02 Å². The van der Waals surface area contributed by atoms with E-state index in [0.717, 1.165) is 11.3 Å². The maximum absolute atomic E-state index is 14.5. The molecular formula is C27H22ClF3N6O3S. The van der Waals surface area contributed by atoms with Crippen LogP contribution in [0.4, 0.5) is 19.1 Å². The zero-order valence-electron chi connectivity index (χ0n) is 21.3. The van der Waals surface area contributed by atoms with Crippen molar-refractivity contribution in [1.82, 2.24) is 19.7 Å². The normalized spacial score (nSPS) is 13.3. The van der Waals surface area contributed by atoms with Crippen molar-refractivity contribution in [1.29, 1.82) is 0 Å². The van der Waals surface area contributed by atoms with E-state index >= 15 is 0 Å². The van der Waals surface area contributed by atoms with E-state index in [-0.39, 0.29) is 39.2 Å². The molecule has 0 saturated carbocycles. The van der Waals surface area contributed by atoms with Gasteiger partial charge in [0.05, 0.1) is 16.9 Å². The number of carbonyl (C=O) groups is 1. The van der Waals surface area contributed by atoms with Crippen molar-refractivity contribution in [3.8, 4) is 22.7 Å². The quantitative estimate of drug-likeness (QED) is 0.205. The van der Waals surface area contributed by atoms with Crippen LogP contribution in [0.1, 0.15) is 22.9 Å². The Hall–Kier alpha value is -4.20. The van der Waals surface area contributed by atoms with Gasteiger partial charge in [0.25, 0.3) is 0 Å². The molecule has 41 heavy (non-hydrogen) atoms. The first-order valence-corrected chi connectivity index (χ1v) is 13.3. The number of thiophene rings is 1. The maximum atomic E-state index is 14.5. The second-order valence-electron chi connectivity index (χ2n) is 9.20. The van der Waals surface area contributed by atoms with Crippen LogP contribution in [0.15, 0.2) is 60.1 Å². The van der Waals surface area contributed by atoms with Crippen LogP contribution < -0.4 is 16.2 Å². The summed E-state index contributed by atoms with van der Waals surface area (Å²) in [4.78, 5) is 19.3. The monoisotopic (exact) mass is 602 g/mol. The summed E-state index contributed by atoms with van der Waals surface area (Å²) in [5.74, 6) is -1.70. The molecule has 5 rings (SSSR count). The Morgan fingerprint density at radius 2 is 1.90 bits per heavy atom. The molecule has 0 saturated heterocycles. The van der Waals surface area contributed by atoms with Gasteiger partial charge in [0.15, 0.2) is 0 Å². The zero-order chi connectivity index (χ0) is 29.5. The molecule has 2 unspecified atom stereocenters. The standard InChI is InChI=1S/C27H22ClF3N6O3S/c1-13-8-9-37(36-13)20-11-16(28)6-7-17(20)23(27(29,30)31)40-24-22-21(34-26(33)35-24)18(12-41-22)15-4-2-14(3-5-15)10-19(32)25(38)39/h2-9,11-12,19,23H,10,32H2,1H3,(H,38,39)(H2,33,34,35). The minimum atomic E-state index is -4.84. The molecule has 14 heteroatoms. The average Bonchev–Trinajstić information content (AvgIpc) is 3.53. The third-order valence-electron chi connectivity index (χ3n) is 6.21. The lowest BCUT2D eigenvalue weighted by Gasteiger charge is -2.24. The minimum Gasteiger partial charge on any atom is -0.480 e. The number of hydrogen-bond acceptors (Lipinski definition) is 8. The fourth-order valence-corrected chi connectivity index (χ4v) is 5.37. The third-order valence-corrected chi connectivity index (χ3v) is 7.40. The Labute approximate surface area is 240 Å². The number of hydrogen-bond donors (Lipinski definition) is 3. The van der Waals surface area contributed by atoms with Gasteiger partial charge in [-0.2, -0.15) is 23.3 Å². The topological polar surface area (TPSA) is 142 Å². The lowest BCUT2D eigenvalue weighted by Crippen LogP contribution is -2.32. The molecule has 0 radical (unpaired) electrons. The van der Waals surface area contributed by atoms with Crippen LogP contribution in [-0.2, 0) is 11.2 Å². The smallest absolute Gasteiger partial charge is 0.429 e. The fraction of sp³-hybridized carbons (Fsp3) is 0.185. The van der Waals surface area contributed by atoms with E-state index in [1.54, 1.807) is 42.6 Å². The first-order chi connectivity index (χ1) is 19.4. The number of rotatable bonds is 8. The number of carboxylic acids is 1. The van der Waals surface area contributed by atoms with Gasteiger partial charge in [0, 0.05) is 27.7 Å². The number of anilines is 1. The van der Waals surface area contributed by atoms with Gasteiger partial charge < -0.3 is 21.3 Å². The van der Waals surface area contributed by atoms with Gasteiger partial charge in [-0.05, 0) is 42.7 Å². The largest absolute Gasteiger partial charge is 0.480 e. The maximum Gasteiger partial charge on any atom is 0.429 e. The van der Waals surface area contributed by atoms with Gasteiger partial charge in [-0.3, -0.25) is 4.79 Å². The molecule has 3 heterocycles. The number of aryl methyl sites for hydroxylation is 1. The number of aliphatic carboxylic acids is 1. The minimum absolute atomic E-state index is 0.0979. The molecule has 212 valence electrons. The zero-order valence-corrected chi connectivity index (χ0v) is 22.8. The number of ether oxygens (including phenoxy) is 1. The number of nitrogen functional groups attached to an aromatic ring is 1. The van der Waals surface area contributed by atoms with E-state index in [1.807, 2.05) is 0 Å². The van der Waals surface area contributed by atoms with E-state index in [4.69, 9.17) is 32.9 Å². The Balaban J connectivity index is 1.54. The summed E-state index contributed by atoms with van der Waals surface area (Å²) in [5, 5.41) is 15.2. The first kappa shape index (κ1) is 28.3. The van der Waals surface area contributed by atoms with Crippen LogP contribution in [0.3, 0.4) is 0 Å². The van der Waals surface area contributed by atoms with Crippen molar-refractivity contribution < 1.29 is 27.8 Å². The van der Waals surface area contributed by atoms with Crippen LogP contribution >= 0.6 is 22.9 Å². The third kappa shape index (κ3) is 5.97. The van der Waals surface area contributed by atoms with Crippen LogP contribution in [-0.4, -0.2) is 43.0 Å². The van der Waals surface area contributed by atoms with E-state index in [2.05, 4.69) is 15.1 Å². The van der Waals surface area contributed by atoms with E-state index < -0.39 is 24.3 Å². The molecule has 0 fully saturated rings. The molecule has 0 spiro atoms. The number of aromatic nitrogens is 4. The Kier molecular flexibility index (Phi) is 7.60. The molecule has 0 bridgehead atoms. The van der Waals surface area contributed by atoms with Crippen LogP contribution in [0.25, 0.3) is 27.0 Å². The molecule has 0 aliphatic carbocycles.